The fraction of sp³-hybridized carbons (Fsp3) is 0.333. The second-order valence-electron chi connectivity index (χ2n) is 15.6. The molecule has 0 amide bonds. The minimum absolute atomic E-state index is 0.155. The maximum absolute atomic E-state index is 11.7. The fourth-order valence-electron chi connectivity index (χ4n) is 8.58. The Hall–Kier alpha value is -5.60. The molecular formula is C51H55N3O2. The van der Waals surface area contributed by atoms with Crippen molar-refractivity contribution < 1.29 is 9.90 Å². The average Bonchev–Trinajstić information content (AvgIpc) is 3.23. The second kappa shape index (κ2) is 18.4. The van der Waals surface area contributed by atoms with Crippen LogP contribution in [0.15, 0.2) is 126 Å². The first-order valence-corrected chi connectivity index (χ1v) is 20.9. The molecule has 5 heteroatoms. The first kappa shape index (κ1) is 38.7. The molecule has 0 atom stereocenters. The van der Waals surface area contributed by atoms with Crippen LogP contribution in [0.4, 0.5) is 22.7 Å². The summed E-state index contributed by atoms with van der Waals surface area (Å²) in [5.74, 6) is -1.16. The summed E-state index contributed by atoms with van der Waals surface area (Å²) in [7, 11) is 0. The number of carboxylic acid groups (broad SMARTS) is 1. The maximum Gasteiger partial charge on any atom is 0.346 e. The number of allylic oxidation sites excluding steroid dienone is 6. The van der Waals surface area contributed by atoms with Gasteiger partial charge in [-0.1, -0.05) is 87.4 Å². The predicted octanol–water partition coefficient (Wildman–Crippen LogP) is 12.5. The van der Waals surface area contributed by atoms with E-state index in [-0.39, 0.29) is 5.57 Å². The van der Waals surface area contributed by atoms with Crippen LogP contribution < -0.4 is 9.80 Å². The van der Waals surface area contributed by atoms with Gasteiger partial charge in [0.25, 0.3) is 0 Å². The van der Waals surface area contributed by atoms with Gasteiger partial charge >= 0.3 is 5.97 Å². The highest BCUT2D eigenvalue weighted by atomic mass is 16.4. The Bertz CT molecular complexity index is 2080. The van der Waals surface area contributed by atoms with E-state index in [1.54, 1.807) is 0 Å². The van der Waals surface area contributed by atoms with Gasteiger partial charge in [-0.3, -0.25) is 0 Å². The molecule has 1 aliphatic carbocycles. The van der Waals surface area contributed by atoms with Crippen molar-refractivity contribution in [3.8, 4) is 6.07 Å². The highest BCUT2D eigenvalue weighted by molar-refractivity contribution is 5.92. The van der Waals surface area contributed by atoms with Crippen molar-refractivity contribution >= 4 is 34.3 Å². The van der Waals surface area contributed by atoms with E-state index in [2.05, 4.69) is 127 Å². The van der Waals surface area contributed by atoms with Crippen molar-refractivity contribution in [2.75, 3.05) is 22.9 Å². The van der Waals surface area contributed by atoms with Crippen LogP contribution in [-0.2, 0) is 30.5 Å². The van der Waals surface area contributed by atoms with Gasteiger partial charge in [0.1, 0.15) is 11.6 Å². The zero-order valence-electron chi connectivity index (χ0n) is 33.2. The monoisotopic (exact) mass is 741 g/mol. The van der Waals surface area contributed by atoms with Crippen LogP contribution >= 0.6 is 0 Å². The summed E-state index contributed by atoms with van der Waals surface area (Å²) in [6, 6.07) is 34.2. The molecule has 0 saturated carbocycles. The Morgan fingerprint density at radius 1 is 0.714 bits per heavy atom. The molecule has 0 saturated heterocycles. The summed E-state index contributed by atoms with van der Waals surface area (Å²) in [6.45, 7) is 6.51. The van der Waals surface area contributed by atoms with E-state index in [9.17, 15) is 15.2 Å². The van der Waals surface area contributed by atoms with E-state index in [1.807, 2.05) is 12.1 Å². The molecule has 4 aromatic carbocycles. The van der Waals surface area contributed by atoms with Crippen molar-refractivity contribution in [3.05, 3.63) is 159 Å². The number of carbonyl (C=O) groups is 1. The third-order valence-electron chi connectivity index (χ3n) is 11.6. The Balaban J connectivity index is 1.23. The molecule has 0 aromatic heterocycles. The van der Waals surface area contributed by atoms with Crippen molar-refractivity contribution in [1.82, 2.24) is 0 Å². The molecule has 2 heterocycles. The summed E-state index contributed by atoms with van der Waals surface area (Å²) < 4.78 is 0. The molecule has 7 rings (SSSR count). The third-order valence-corrected chi connectivity index (χ3v) is 11.6. The molecule has 0 spiro atoms. The number of fused-ring (bicyclic) bond motifs is 2. The average molecular weight is 742 g/mol. The lowest BCUT2D eigenvalue weighted by Crippen LogP contribution is -2.24. The number of carboxylic acids is 1. The SMILES string of the molecule is CCCCc1ccc(N2CCCc3cc(C(=CC=CC4=CC(=C(C#N)C(=O)O)CCC4)c4ccc5c(c4)CCCN5c4ccc(CCCC)cc4)ccc32)cc1. The minimum Gasteiger partial charge on any atom is -0.477 e. The molecule has 4 aromatic rings. The van der Waals surface area contributed by atoms with E-state index in [0.29, 0.717) is 12.0 Å². The number of unbranched alkanes of at least 4 members (excludes halogenated alkanes) is 2. The van der Waals surface area contributed by atoms with Crippen molar-refractivity contribution in [2.45, 2.75) is 97.3 Å². The largest absolute Gasteiger partial charge is 0.477 e. The Kier molecular flexibility index (Phi) is 12.7. The number of nitriles is 1. The first-order valence-electron chi connectivity index (χ1n) is 20.9. The fourth-order valence-corrected chi connectivity index (χ4v) is 8.58. The standard InChI is InChI=1S/C51H55N3O2/c1-3-5-11-37-19-25-45(26-20-37)53-31-9-16-43-34-41(23-29-49(43)53)47(18-8-14-39-13-7-15-40(33-39)48(36-52)51(55)56)42-24-30-50-44(35-42)17-10-32-54(50)46-27-21-38(22-28-46)12-6-4-2/h8,14,18-30,33-35H,3-7,9-13,15-17,31-32H2,1-2H3,(H,55,56). The third kappa shape index (κ3) is 8.92. The topological polar surface area (TPSA) is 67.6 Å². The van der Waals surface area contributed by atoms with Crippen LogP contribution in [-0.4, -0.2) is 24.2 Å². The van der Waals surface area contributed by atoms with Crippen molar-refractivity contribution in [3.63, 3.8) is 0 Å². The highest BCUT2D eigenvalue weighted by Gasteiger charge is 2.23. The number of hydrogen-bond acceptors (Lipinski definition) is 4. The molecule has 0 bridgehead atoms. The van der Waals surface area contributed by atoms with E-state index in [0.717, 1.165) is 75.6 Å². The number of rotatable bonds is 13. The summed E-state index contributed by atoms with van der Waals surface area (Å²) in [4.78, 5) is 16.7. The molecule has 2 aliphatic heterocycles. The van der Waals surface area contributed by atoms with Crippen LogP contribution in [0.5, 0.6) is 0 Å². The lowest BCUT2D eigenvalue weighted by molar-refractivity contribution is -0.132. The van der Waals surface area contributed by atoms with Crippen LogP contribution in [0.2, 0.25) is 0 Å². The zero-order chi connectivity index (χ0) is 38.9. The predicted molar refractivity (Wildman–Crippen MR) is 232 cm³/mol. The number of benzene rings is 4. The highest BCUT2D eigenvalue weighted by Crippen LogP contribution is 2.39. The first-order chi connectivity index (χ1) is 27.4. The zero-order valence-corrected chi connectivity index (χ0v) is 33.2. The maximum atomic E-state index is 11.7. The van der Waals surface area contributed by atoms with Gasteiger partial charge in [-0.25, -0.2) is 4.79 Å². The van der Waals surface area contributed by atoms with Gasteiger partial charge in [0.2, 0.25) is 0 Å². The van der Waals surface area contributed by atoms with E-state index < -0.39 is 5.97 Å². The van der Waals surface area contributed by atoms with Gasteiger partial charge in [-0.15, -0.1) is 0 Å². The molecule has 0 fully saturated rings. The van der Waals surface area contributed by atoms with E-state index in [4.69, 9.17) is 0 Å². The van der Waals surface area contributed by atoms with Crippen LogP contribution in [0.25, 0.3) is 5.57 Å². The molecule has 0 unspecified atom stereocenters. The number of aliphatic carboxylic acids is 1. The van der Waals surface area contributed by atoms with Gasteiger partial charge in [0.05, 0.1) is 0 Å². The Morgan fingerprint density at radius 2 is 1.25 bits per heavy atom. The van der Waals surface area contributed by atoms with Gasteiger partial charge in [0.15, 0.2) is 0 Å². The summed E-state index contributed by atoms with van der Waals surface area (Å²) in [6.07, 6.45) is 22.0. The van der Waals surface area contributed by atoms with Crippen LogP contribution in [0.3, 0.4) is 0 Å². The van der Waals surface area contributed by atoms with Crippen LogP contribution in [0, 0.1) is 11.3 Å². The second-order valence-corrected chi connectivity index (χ2v) is 15.6. The Morgan fingerprint density at radius 3 is 1.73 bits per heavy atom. The number of aryl methyl sites for hydroxylation is 4. The Labute approximate surface area is 334 Å². The number of hydrogen-bond donors (Lipinski definition) is 1. The lowest BCUT2D eigenvalue weighted by Gasteiger charge is -2.33. The van der Waals surface area contributed by atoms with Gasteiger partial charge in [0, 0.05) is 35.8 Å². The number of anilines is 4. The van der Waals surface area contributed by atoms with Crippen molar-refractivity contribution in [2.24, 2.45) is 0 Å². The summed E-state index contributed by atoms with van der Waals surface area (Å²) >= 11 is 0. The van der Waals surface area contributed by atoms with Crippen molar-refractivity contribution in [1.29, 1.82) is 5.26 Å². The smallest absolute Gasteiger partial charge is 0.346 e. The quantitative estimate of drug-likeness (QED) is 0.0839. The summed E-state index contributed by atoms with van der Waals surface area (Å²) in [5.41, 5.74) is 15.7. The molecule has 3 aliphatic rings. The van der Waals surface area contributed by atoms with E-state index >= 15 is 0 Å². The van der Waals surface area contributed by atoms with Crippen LogP contribution in [0.1, 0.15) is 105 Å². The molecular weight excluding hydrogens is 687 g/mol. The van der Waals surface area contributed by atoms with Gasteiger partial charge in [-0.2, -0.15) is 5.26 Å². The van der Waals surface area contributed by atoms with Gasteiger partial charge < -0.3 is 14.9 Å². The lowest BCUT2D eigenvalue weighted by atomic mass is 9.89. The molecule has 286 valence electrons. The number of nitrogens with zero attached hydrogens (tertiary/aromatic N) is 3. The molecule has 5 nitrogen and oxygen atoms in total. The van der Waals surface area contributed by atoms with E-state index in [1.165, 1.54) is 81.8 Å². The minimum atomic E-state index is -1.16. The molecule has 0 radical (unpaired) electrons. The normalized spacial score (nSPS) is 16.1. The van der Waals surface area contributed by atoms with Gasteiger partial charge in [-0.05, 0) is 169 Å². The molecule has 1 N–H and O–H groups in total. The summed E-state index contributed by atoms with van der Waals surface area (Å²) in [5, 5.41) is 19.1. The molecule has 56 heavy (non-hydrogen) atoms.